The van der Waals surface area contributed by atoms with Gasteiger partial charge in [0.25, 0.3) is 0 Å². The maximum Gasteiger partial charge on any atom is 0.573 e. The van der Waals surface area contributed by atoms with E-state index in [2.05, 4.69) is 34.3 Å². The van der Waals surface area contributed by atoms with Gasteiger partial charge in [0.05, 0.1) is 6.04 Å². The van der Waals surface area contributed by atoms with Crippen molar-refractivity contribution in [3.63, 3.8) is 0 Å². The Morgan fingerprint density at radius 3 is 2.58 bits per heavy atom. The van der Waals surface area contributed by atoms with Crippen LogP contribution in [-0.4, -0.2) is 6.36 Å². The number of alkyl halides is 3. The normalized spacial score (nSPS) is 24.9. The number of ether oxygens (including phenoxy) is 1. The van der Waals surface area contributed by atoms with Crippen LogP contribution in [0.25, 0.3) is 0 Å². The van der Waals surface area contributed by atoms with Gasteiger partial charge < -0.3 is 10.1 Å². The summed E-state index contributed by atoms with van der Waals surface area (Å²) in [5.74, 6) is 0.226. The summed E-state index contributed by atoms with van der Waals surface area (Å²) in [5.41, 5.74) is 2.92. The fraction of sp³-hybridized carbons (Fsp3) is 0.263. The molecule has 5 heteroatoms. The summed E-state index contributed by atoms with van der Waals surface area (Å²) in [5, 5.41) is 3.50. The van der Waals surface area contributed by atoms with Gasteiger partial charge in [-0.15, -0.1) is 13.2 Å². The maximum atomic E-state index is 12.5. The molecule has 0 saturated carbocycles. The van der Waals surface area contributed by atoms with Crippen LogP contribution < -0.4 is 10.1 Å². The number of hydrogen-bond donors (Lipinski definition) is 1. The molecule has 0 spiro atoms. The zero-order valence-corrected chi connectivity index (χ0v) is 12.8. The van der Waals surface area contributed by atoms with Crippen LogP contribution in [0.4, 0.5) is 18.9 Å². The molecular weight excluding hydrogens is 315 g/mol. The van der Waals surface area contributed by atoms with E-state index in [-0.39, 0.29) is 17.7 Å². The third-order valence-electron chi connectivity index (χ3n) is 4.73. The molecule has 1 aliphatic heterocycles. The fourth-order valence-corrected chi connectivity index (χ4v) is 3.76. The van der Waals surface area contributed by atoms with Crippen LogP contribution in [0.2, 0.25) is 0 Å². The van der Waals surface area contributed by atoms with Gasteiger partial charge in [-0.3, -0.25) is 0 Å². The molecule has 0 bridgehead atoms. The highest BCUT2D eigenvalue weighted by atomic mass is 19.4. The van der Waals surface area contributed by atoms with Crippen molar-refractivity contribution in [3.05, 3.63) is 71.8 Å². The second-order valence-corrected chi connectivity index (χ2v) is 6.18. The van der Waals surface area contributed by atoms with Crippen LogP contribution >= 0.6 is 0 Å². The lowest BCUT2D eigenvalue weighted by Crippen LogP contribution is -2.29. The SMILES string of the molecule is FC(F)(F)Oc1ccc2c(c1)C1C=CCC1C(c1ccccc1)N2. The number of halogens is 3. The Kier molecular flexibility index (Phi) is 3.52. The van der Waals surface area contributed by atoms with Crippen LogP contribution in [0.5, 0.6) is 5.75 Å². The van der Waals surface area contributed by atoms with E-state index in [4.69, 9.17) is 0 Å². The molecular formula is C19H16F3NO. The number of hydrogen-bond acceptors (Lipinski definition) is 2. The highest BCUT2D eigenvalue weighted by Crippen LogP contribution is 2.50. The fourth-order valence-electron chi connectivity index (χ4n) is 3.76. The third-order valence-corrected chi connectivity index (χ3v) is 4.73. The van der Waals surface area contributed by atoms with E-state index < -0.39 is 6.36 Å². The maximum absolute atomic E-state index is 12.5. The predicted molar refractivity (Wildman–Crippen MR) is 85.9 cm³/mol. The molecule has 0 radical (unpaired) electrons. The van der Waals surface area contributed by atoms with Gasteiger partial charge in [-0.2, -0.15) is 0 Å². The molecule has 0 amide bonds. The quantitative estimate of drug-likeness (QED) is 0.743. The van der Waals surface area contributed by atoms with Crippen molar-refractivity contribution in [2.75, 3.05) is 5.32 Å². The number of benzene rings is 2. The lowest BCUT2D eigenvalue weighted by Gasteiger charge is -2.37. The largest absolute Gasteiger partial charge is 0.573 e. The molecule has 3 atom stereocenters. The Hall–Kier alpha value is -2.43. The minimum Gasteiger partial charge on any atom is -0.406 e. The monoisotopic (exact) mass is 331 g/mol. The number of allylic oxidation sites excluding steroid dienone is 2. The first-order valence-corrected chi connectivity index (χ1v) is 7.89. The number of fused-ring (bicyclic) bond motifs is 3. The van der Waals surface area contributed by atoms with E-state index in [0.717, 1.165) is 17.7 Å². The molecule has 2 nitrogen and oxygen atoms in total. The molecule has 1 N–H and O–H groups in total. The van der Waals surface area contributed by atoms with E-state index in [0.29, 0.717) is 5.92 Å². The van der Waals surface area contributed by atoms with E-state index in [1.54, 1.807) is 6.07 Å². The van der Waals surface area contributed by atoms with Crippen molar-refractivity contribution < 1.29 is 17.9 Å². The van der Waals surface area contributed by atoms with Crippen LogP contribution in [0.15, 0.2) is 60.7 Å². The average molecular weight is 331 g/mol. The Labute approximate surface area is 138 Å². The summed E-state index contributed by atoms with van der Waals surface area (Å²) in [4.78, 5) is 0. The summed E-state index contributed by atoms with van der Waals surface area (Å²) >= 11 is 0. The van der Waals surface area contributed by atoms with Gasteiger partial charge in [-0.05, 0) is 41.7 Å². The molecule has 124 valence electrons. The second kappa shape index (κ2) is 5.58. The highest BCUT2D eigenvalue weighted by Gasteiger charge is 2.38. The van der Waals surface area contributed by atoms with Crippen molar-refractivity contribution in [2.24, 2.45) is 5.92 Å². The van der Waals surface area contributed by atoms with Crippen LogP contribution in [0.3, 0.4) is 0 Å². The number of anilines is 1. The highest BCUT2D eigenvalue weighted by molar-refractivity contribution is 5.61. The summed E-state index contributed by atoms with van der Waals surface area (Å²) in [6.45, 7) is 0. The molecule has 2 aromatic carbocycles. The van der Waals surface area contributed by atoms with Crippen molar-refractivity contribution in [1.29, 1.82) is 0 Å². The Morgan fingerprint density at radius 1 is 1.04 bits per heavy atom. The van der Waals surface area contributed by atoms with Crippen LogP contribution in [-0.2, 0) is 0 Å². The smallest absolute Gasteiger partial charge is 0.406 e. The molecule has 3 unspecified atom stereocenters. The summed E-state index contributed by atoms with van der Waals surface area (Å²) < 4.78 is 41.5. The van der Waals surface area contributed by atoms with Crippen LogP contribution in [0.1, 0.15) is 29.5 Å². The summed E-state index contributed by atoms with van der Waals surface area (Å²) in [6, 6.07) is 14.8. The zero-order chi connectivity index (χ0) is 16.7. The van der Waals surface area contributed by atoms with Gasteiger partial charge in [0.2, 0.25) is 0 Å². The van der Waals surface area contributed by atoms with Crippen molar-refractivity contribution in [1.82, 2.24) is 0 Å². The summed E-state index contributed by atoms with van der Waals surface area (Å²) in [7, 11) is 0. The molecule has 1 aliphatic carbocycles. The van der Waals surface area contributed by atoms with E-state index in [9.17, 15) is 13.2 Å². The number of nitrogens with one attached hydrogen (secondary N) is 1. The summed E-state index contributed by atoms with van der Waals surface area (Å²) in [6.07, 6.45) is 0.436. The minimum absolute atomic E-state index is 0.100. The van der Waals surface area contributed by atoms with Crippen molar-refractivity contribution >= 4 is 5.69 Å². The topological polar surface area (TPSA) is 21.3 Å². The average Bonchev–Trinajstić information content (AvgIpc) is 3.03. The standard InChI is InChI=1S/C19H16F3NO/c20-19(21,22)24-13-9-10-17-16(11-13)14-7-4-8-15(14)18(23-17)12-5-2-1-3-6-12/h1-7,9-11,14-15,18,23H,8H2. The van der Waals surface area contributed by atoms with Gasteiger partial charge in [0, 0.05) is 11.6 Å². The first-order valence-electron chi connectivity index (χ1n) is 7.89. The lowest BCUT2D eigenvalue weighted by molar-refractivity contribution is -0.274. The third kappa shape index (κ3) is 2.75. The Balaban J connectivity index is 1.71. The molecule has 2 aliphatic rings. The van der Waals surface area contributed by atoms with Crippen molar-refractivity contribution in [2.45, 2.75) is 24.7 Å². The first kappa shape index (κ1) is 15.1. The Morgan fingerprint density at radius 2 is 1.83 bits per heavy atom. The molecule has 1 heterocycles. The number of rotatable bonds is 2. The van der Waals surface area contributed by atoms with E-state index in [1.165, 1.54) is 17.7 Å². The lowest BCUT2D eigenvalue weighted by atomic mass is 9.77. The molecule has 2 aromatic rings. The second-order valence-electron chi connectivity index (χ2n) is 6.18. The van der Waals surface area contributed by atoms with Gasteiger partial charge in [0.15, 0.2) is 0 Å². The molecule has 0 fully saturated rings. The molecule has 4 rings (SSSR count). The minimum atomic E-state index is -4.67. The first-order chi connectivity index (χ1) is 11.5. The zero-order valence-electron chi connectivity index (χ0n) is 12.8. The molecule has 24 heavy (non-hydrogen) atoms. The van der Waals surface area contributed by atoms with Crippen molar-refractivity contribution in [3.8, 4) is 5.75 Å². The van der Waals surface area contributed by atoms with E-state index >= 15 is 0 Å². The molecule has 0 aromatic heterocycles. The van der Waals surface area contributed by atoms with Crippen LogP contribution in [0, 0.1) is 5.92 Å². The predicted octanol–water partition coefficient (Wildman–Crippen LogP) is 5.41. The van der Waals surface area contributed by atoms with Gasteiger partial charge >= 0.3 is 6.36 Å². The van der Waals surface area contributed by atoms with E-state index in [1.807, 2.05) is 18.2 Å². The van der Waals surface area contributed by atoms with Gasteiger partial charge in [-0.1, -0.05) is 42.5 Å². The Bertz CT molecular complexity index is 770. The molecule has 0 saturated heterocycles. The van der Waals surface area contributed by atoms with Gasteiger partial charge in [-0.25, -0.2) is 0 Å². The van der Waals surface area contributed by atoms with Gasteiger partial charge in [0.1, 0.15) is 5.75 Å².